The van der Waals surface area contributed by atoms with Crippen LogP contribution in [-0.2, 0) is 12.3 Å². The van der Waals surface area contributed by atoms with Crippen molar-refractivity contribution in [3.05, 3.63) is 75.5 Å². The van der Waals surface area contributed by atoms with Gasteiger partial charge in [-0.2, -0.15) is 0 Å². The number of benzene rings is 2. The van der Waals surface area contributed by atoms with E-state index in [0.717, 1.165) is 15.2 Å². The Hall–Kier alpha value is -2.15. The van der Waals surface area contributed by atoms with Crippen LogP contribution in [0, 0.1) is 0 Å². The molecule has 0 N–H and O–H groups in total. The van der Waals surface area contributed by atoms with Crippen molar-refractivity contribution in [2.45, 2.75) is 17.5 Å². The number of nitrogens with zero attached hydrogens (tertiary/aromatic N) is 3. The first-order valence-corrected chi connectivity index (χ1v) is 10.1. The normalized spacial score (nSPS) is 11.3. The standard InChI is InChI=1S/C19H14ClN3OS2/c1-2-9-23-18(24)13-8-7-12(20)10-15(13)22-19(23)25-11-17-21-14-5-3-4-6-16(14)26-17/h2-8,10H,1,9,11H2. The molecule has 0 amide bonds. The number of para-hydroxylation sites is 1. The summed E-state index contributed by atoms with van der Waals surface area (Å²) >= 11 is 9.22. The molecule has 0 fully saturated rings. The fourth-order valence-corrected chi connectivity index (χ4v) is 4.82. The van der Waals surface area contributed by atoms with E-state index in [1.165, 1.54) is 11.8 Å². The highest BCUT2D eigenvalue weighted by molar-refractivity contribution is 7.98. The van der Waals surface area contributed by atoms with Crippen LogP contribution in [0.15, 0.2) is 65.1 Å². The number of hydrogen-bond donors (Lipinski definition) is 0. The summed E-state index contributed by atoms with van der Waals surface area (Å²) in [5, 5.41) is 2.76. The molecule has 4 rings (SSSR count). The SMILES string of the molecule is C=CCn1c(SCc2nc3ccccc3s2)nc2cc(Cl)ccc2c1=O. The van der Waals surface area contributed by atoms with Crippen LogP contribution in [0.2, 0.25) is 5.02 Å². The first-order valence-electron chi connectivity index (χ1n) is 7.94. The van der Waals surface area contributed by atoms with Gasteiger partial charge in [0.25, 0.3) is 5.56 Å². The van der Waals surface area contributed by atoms with E-state index in [1.807, 2.05) is 18.2 Å². The maximum atomic E-state index is 12.8. The van der Waals surface area contributed by atoms with Gasteiger partial charge in [0.2, 0.25) is 0 Å². The Balaban J connectivity index is 1.73. The first-order chi connectivity index (χ1) is 12.7. The summed E-state index contributed by atoms with van der Waals surface area (Å²) in [4.78, 5) is 22.1. The van der Waals surface area contributed by atoms with Crippen molar-refractivity contribution in [1.29, 1.82) is 0 Å². The quantitative estimate of drug-likeness (QED) is 0.265. The molecule has 0 spiro atoms. The number of thioether (sulfide) groups is 1. The van der Waals surface area contributed by atoms with E-state index in [4.69, 9.17) is 11.6 Å². The van der Waals surface area contributed by atoms with Crippen LogP contribution in [0.3, 0.4) is 0 Å². The molecule has 0 bridgehead atoms. The molecule has 7 heteroatoms. The molecule has 0 saturated heterocycles. The van der Waals surface area contributed by atoms with Crippen LogP contribution >= 0.6 is 34.7 Å². The minimum atomic E-state index is -0.0848. The second-order valence-corrected chi connectivity index (χ2v) is 8.12. The number of halogens is 1. The molecule has 4 aromatic rings. The molecule has 0 unspecified atom stereocenters. The summed E-state index contributed by atoms with van der Waals surface area (Å²) in [6.07, 6.45) is 1.70. The largest absolute Gasteiger partial charge is 0.283 e. The van der Waals surface area contributed by atoms with Gasteiger partial charge in [-0.05, 0) is 30.3 Å². The van der Waals surface area contributed by atoms with Gasteiger partial charge in [0.05, 0.1) is 26.9 Å². The molecule has 130 valence electrons. The Bertz CT molecular complexity index is 1150. The molecule has 0 aliphatic heterocycles. The molecular weight excluding hydrogens is 386 g/mol. The maximum Gasteiger partial charge on any atom is 0.262 e. The van der Waals surface area contributed by atoms with Crippen molar-refractivity contribution < 1.29 is 0 Å². The number of rotatable bonds is 5. The summed E-state index contributed by atoms with van der Waals surface area (Å²) in [5.74, 6) is 0.648. The number of allylic oxidation sites excluding steroid dienone is 1. The number of hydrogen-bond acceptors (Lipinski definition) is 5. The predicted octanol–water partition coefficient (Wildman–Crippen LogP) is 5.14. The van der Waals surface area contributed by atoms with Crippen molar-refractivity contribution in [2.75, 3.05) is 0 Å². The van der Waals surface area contributed by atoms with Crippen LogP contribution in [0.25, 0.3) is 21.1 Å². The van der Waals surface area contributed by atoms with E-state index >= 15 is 0 Å². The van der Waals surface area contributed by atoms with Gasteiger partial charge in [-0.25, -0.2) is 9.97 Å². The summed E-state index contributed by atoms with van der Waals surface area (Å²) in [6.45, 7) is 4.16. The highest BCUT2D eigenvalue weighted by Gasteiger charge is 2.12. The molecule has 2 heterocycles. The lowest BCUT2D eigenvalue weighted by Gasteiger charge is -2.11. The minimum absolute atomic E-state index is 0.0848. The van der Waals surface area contributed by atoms with Crippen molar-refractivity contribution >= 4 is 55.8 Å². The molecular formula is C19H14ClN3OS2. The highest BCUT2D eigenvalue weighted by atomic mass is 35.5. The zero-order chi connectivity index (χ0) is 18.1. The Kier molecular flexibility index (Phi) is 4.80. The van der Waals surface area contributed by atoms with E-state index in [2.05, 4.69) is 22.6 Å². The number of aromatic nitrogens is 3. The fraction of sp³-hybridized carbons (Fsp3) is 0.105. The van der Waals surface area contributed by atoms with Crippen molar-refractivity contribution in [3.63, 3.8) is 0 Å². The molecule has 26 heavy (non-hydrogen) atoms. The van der Waals surface area contributed by atoms with Crippen LogP contribution in [0.4, 0.5) is 0 Å². The van der Waals surface area contributed by atoms with E-state index in [9.17, 15) is 4.79 Å². The van der Waals surface area contributed by atoms with Gasteiger partial charge in [0.15, 0.2) is 5.16 Å². The fourth-order valence-electron chi connectivity index (χ4n) is 2.68. The molecule has 0 aliphatic rings. The van der Waals surface area contributed by atoms with Crippen molar-refractivity contribution in [2.24, 2.45) is 0 Å². The molecule has 2 aromatic heterocycles. The van der Waals surface area contributed by atoms with Gasteiger partial charge in [-0.15, -0.1) is 17.9 Å². The Morgan fingerprint density at radius 1 is 1.19 bits per heavy atom. The first kappa shape index (κ1) is 17.3. The zero-order valence-electron chi connectivity index (χ0n) is 13.7. The maximum absolute atomic E-state index is 12.8. The average molecular weight is 400 g/mol. The monoisotopic (exact) mass is 399 g/mol. The van der Waals surface area contributed by atoms with Gasteiger partial charge >= 0.3 is 0 Å². The Labute approximate surface area is 163 Å². The van der Waals surface area contributed by atoms with Gasteiger partial charge in [0.1, 0.15) is 5.01 Å². The lowest BCUT2D eigenvalue weighted by molar-refractivity contribution is 0.671. The molecule has 0 aliphatic carbocycles. The molecule has 0 atom stereocenters. The predicted molar refractivity (Wildman–Crippen MR) is 110 cm³/mol. The second-order valence-electron chi connectivity index (χ2n) is 5.62. The minimum Gasteiger partial charge on any atom is -0.283 e. The molecule has 2 aromatic carbocycles. The van der Waals surface area contributed by atoms with Gasteiger partial charge in [0, 0.05) is 11.6 Å². The van der Waals surface area contributed by atoms with Crippen LogP contribution < -0.4 is 5.56 Å². The summed E-state index contributed by atoms with van der Waals surface area (Å²) in [5.41, 5.74) is 1.52. The molecule has 4 nitrogen and oxygen atoms in total. The van der Waals surface area contributed by atoms with E-state index in [1.54, 1.807) is 40.2 Å². The van der Waals surface area contributed by atoms with Crippen molar-refractivity contribution in [1.82, 2.24) is 14.5 Å². The van der Waals surface area contributed by atoms with Gasteiger partial charge < -0.3 is 0 Å². The Morgan fingerprint density at radius 3 is 2.85 bits per heavy atom. The van der Waals surface area contributed by atoms with Crippen LogP contribution in [0.1, 0.15) is 5.01 Å². The van der Waals surface area contributed by atoms with Gasteiger partial charge in [-0.3, -0.25) is 9.36 Å². The summed E-state index contributed by atoms with van der Waals surface area (Å²) in [7, 11) is 0. The lowest BCUT2D eigenvalue weighted by Crippen LogP contribution is -2.22. The third-order valence-corrected chi connectivity index (χ3v) is 6.30. The lowest BCUT2D eigenvalue weighted by atomic mass is 10.2. The number of thiazole rings is 1. The van der Waals surface area contributed by atoms with Gasteiger partial charge in [-0.1, -0.05) is 41.6 Å². The van der Waals surface area contributed by atoms with Crippen LogP contribution in [-0.4, -0.2) is 14.5 Å². The average Bonchev–Trinajstić information content (AvgIpc) is 3.05. The summed E-state index contributed by atoms with van der Waals surface area (Å²) < 4.78 is 2.80. The Morgan fingerprint density at radius 2 is 2.04 bits per heavy atom. The number of fused-ring (bicyclic) bond motifs is 2. The van der Waals surface area contributed by atoms with E-state index in [0.29, 0.717) is 33.4 Å². The smallest absolute Gasteiger partial charge is 0.262 e. The van der Waals surface area contributed by atoms with Crippen molar-refractivity contribution in [3.8, 4) is 0 Å². The van der Waals surface area contributed by atoms with E-state index in [-0.39, 0.29) is 5.56 Å². The van der Waals surface area contributed by atoms with Crippen LogP contribution in [0.5, 0.6) is 0 Å². The van der Waals surface area contributed by atoms with E-state index < -0.39 is 0 Å². The topological polar surface area (TPSA) is 47.8 Å². The zero-order valence-corrected chi connectivity index (χ0v) is 16.1. The second kappa shape index (κ2) is 7.23. The molecule has 0 radical (unpaired) electrons. The molecule has 0 saturated carbocycles. The third kappa shape index (κ3) is 3.28. The summed E-state index contributed by atoms with van der Waals surface area (Å²) in [6, 6.07) is 13.2. The highest BCUT2D eigenvalue weighted by Crippen LogP contribution is 2.28. The third-order valence-electron chi connectivity index (χ3n) is 3.86.